The van der Waals surface area contributed by atoms with Gasteiger partial charge in [-0.1, -0.05) is 45.4 Å². The number of hydrogen-bond donors (Lipinski definition) is 1. The molecule has 0 aromatic carbocycles. The van der Waals surface area contributed by atoms with Crippen LogP contribution in [0.1, 0.15) is 65.2 Å². The summed E-state index contributed by atoms with van der Waals surface area (Å²) in [5.41, 5.74) is 0. The minimum Gasteiger partial charge on any atom is -0.481 e. The van der Waals surface area contributed by atoms with Crippen LogP contribution in [-0.4, -0.2) is 24.2 Å². The Morgan fingerprint density at radius 2 is 1.41 bits per heavy atom. The fourth-order valence-corrected chi connectivity index (χ4v) is 1.33. The van der Waals surface area contributed by atoms with Crippen LogP contribution in [0, 0.1) is 0 Å². The molecule has 0 atom stereocenters. The van der Waals surface area contributed by atoms with Crippen molar-refractivity contribution >= 4 is 11.9 Å². The van der Waals surface area contributed by atoms with Gasteiger partial charge in [-0.05, 0) is 6.42 Å². The van der Waals surface area contributed by atoms with E-state index in [1.807, 2.05) is 0 Å². The zero-order valence-corrected chi connectivity index (χ0v) is 11.3. The van der Waals surface area contributed by atoms with E-state index in [2.05, 4.69) is 11.7 Å². The van der Waals surface area contributed by atoms with Gasteiger partial charge in [0.15, 0.2) is 0 Å². The average molecular weight is 246 g/mol. The lowest BCUT2D eigenvalue weighted by Gasteiger charge is -2.00. The first kappa shape index (κ1) is 18.3. The molecule has 0 aromatic rings. The molecule has 0 amide bonds. The predicted molar refractivity (Wildman–Crippen MR) is 67.9 cm³/mol. The Hall–Kier alpha value is -1.06. The van der Waals surface area contributed by atoms with E-state index >= 15 is 0 Å². The molecule has 4 heteroatoms. The molecule has 0 saturated heterocycles. The summed E-state index contributed by atoms with van der Waals surface area (Å²) in [6, 6.07) is 0. The summed E-state index contributed by atoms with van der Waals surface area (Å²) >= 11 is 0. The molecule has 1 N–H and O–H groups in total. The van der Waals surface area contributed by atoms with Crippen molar-refractivity contribution in [1.82, 2.24) is 0 Å². The van der Waals surface area contributed by atoms with Gasteiger partial charge in [-0.15, -0.1) is 0 Å². The number of rotatable bonds is 8. The highest BCUT2D eigenvalue weighted by Crippen LogP contribution is 2.08. The molecule has 0 saturated carbocycles. The largest absolute Gasteiger partial charge is 0.481 e. The summed E-state index contributed by atoms with van der Waals surface area (Å²) in [6.45, 7) is 3.30. The first-order valence-electron chi connectivity index (χ1n) is 6.30. The third kappa shape index (κ3) is 25.3. The first-order valence-corrected chi connectivity index (χ1v) is 6.30. The van der Waals surface area contributed by atoms with Crippen molar-refractivity contribution in [3.63, 3.8) is 0 Å². The monoisotopic (exact) mass is 246 g/mol. The van der Waals surface area contributed by atoms with E-state index < -0.39 is 5.97 Å². The van der Waals surface area contributed by atoms with Gasteiger partial charge < -0.3 is 9.84 Å². The molecule has 0 spiro atoms. The second-order valence-corrected chi connectivity index (χ2v) is 3.97. The molecular weight excluding hydrogens is 220 g/mol. The van der Waals surface area contributed by atoms with Crippen LogP contribution >= 0.6 is 0 Å². The number of esters is 1. The number of ether oxygens (including phenoxy) is 1. The van der Waals surface area contributed by atoms with Crippen molar-refractivity contribution in [3.8, 4) is 0 Å². The molecule has 17 heavy (non-hydrogen) atoms. The highest BCUT2D eigenvalue weighted by atomic mass is 16.5. The molecule has 0 rings (SSSR count). The van der Waals surface area contributed by atoms with Crippen molar-refractivity contribution in [2.45, 2.75) is 65.2 Å². The molecule has 0 heterocycles. The second-order valence-electron chi connectivity index (χ2n) is 3.97. The van der Waals surface area contributed by atoms with Gasteiger partial charge in [-0.3, -0.25) is 9.59 Å². The summed E-state index contributed by atoms with van der Waals surface area (Å²) in [5.74, 6) is -0.909. The minimum absolute atomic E-state index is 0.0754. The highest BCUT2D eigenvalue weighted by Gasteiger charge is 1.98. The third-order valence-electron chi connectivity index (χ3n) is 2.21. The zero-order chi connectivity index (χ0) is 13.5. The molecule has 0 bridgehead atoms. The van der Waals surface area contributed by atoms with Gasteiger partial charge in [0, 0.05) is 13.3 Å². The zero-order valence-electron chi connectivity index (χ0n) is 11.3. The predicted octanol–water partition coefficient (Wildman–Crippen LogP) is 3.39. The van der Waals surface area contributed by atoms with Gasteiger partial charge in [-0.25, -0.2) is 0 Å². The number of methoxy groups -OCH3 is 1. The molecule has 0 aliphatic rings. The maximum atomic E-state index is 10.7. The van der Waals surface area contributed by atoms with Crippen LogP contribution in [0.4, 0.5) is 0 Å². The Morgan fingerprint density at radius 1 is 1.00 bits per heavy atom. The van der Waals surface area contributed by atoms with Gasteiger partial charge in [0.25, 0.3) is 5.97 Å². The smallest absolute Gasteiger partial charge is 0.305 e. The highest BCUT2D eigenvalue weighted by molar-refractivity contribution is 5.68. The summed E-state index contributed by atoms with van der Waals surface area (Å²) in [6.07, 6.45) is 9.29. The summed E-state index contributed by atoms with van der Waals surface area (Å²) in [4.78, 5) is 19.7. The molecule has 0 unspecified atom stereocenters. The molecule has 0 aliphatic carbocycles. The number of carbonyl (C=O) groups excluding carboxylic acids is 1. The van der Waals surface area contributed by atoms with E-state index in [0.29, 0.717) is 6.42 Å². The van der Waals surface area contributed by atoms with Gasteiger partial charge in [0.2, 0.25) is 0 Å². The van der Waals surface area contributed by atoms with Crippen molar-refractivity contribution < 1.29 is 19.4 Å². The number of hydrogen-bond acceptors (Lipinski definition) is 3. The van der Waals surface area contributed by atoms with E-state index in [9.17, 15) is 4.79 Å². The molecule has 0 aliphatic heterocycles. The summed E-state index contributed by atoms with van der Waals surface area (Å²) < 4.78 is 4.56. The molecule has 0 aromatic heterocycles. The number of unbranched alkanes of at least 4 members (excludes halogenated alkanes) is 6. The number of carboxylic acids is 1. The average Bonchev–Trinajstić information content (AvgIpc) is 2.26. The maximum absolute atomic E-state index is 10.7. The molecular formula is C13H26O4. The van der Waals surface area contributed by atoms with E-state index in [0.717, 1.165) is 13.3 Å². The topological polar surface area (TPSA) is 63.6 Å². The lowest BCUT2D eigenvalue weighted by molar-refractivity contribution is -0.140. The van der Waals surface area contributed by atoms with Crippen molar-refractivity contribution in [3.05, 3.63) is 0 Å². The van der Waals surface area contributed by atoms with Crippen molar-refractivity contribution in [2.75, 3.05) is 7.11 Å². The summed E-state index contributed by atoms with van der Waals surface area (Å²) in [7, 11) is 1.45. The van der Waals surface area contributed by atoms with Crippen LogP contribution in [0.2, 0.25) is 0 Å². The van der Waals surface area contributed by atoms with E-state index in [-0.39, 0.29) is 5.97 Å². The Labute approximate surface area is 104 Å². The Bertz CT molecular complexity index is 186. The van der Waals surface area contributed by atoms with Crippen molar-refractivity contribution in [1.29, 1.82) is 0 Å². The maximum Gasteiger partial charge on any atom is 0.305 e. The fourth-order valence-electron chi connectivity index (χ4n) is 1.33. The van der Waals surface area contributed by atoms with E-state index in [4.69, 9.17) is 9.90 Å². The van der Waals surface area contributed by atoms with Crippen LogP contribution in [0.25, 0.3) is 0 Å². The number of aliphatic carboxylic acids is 1. The molecule has 0 radical (unpaired) electrons. The normalized spacial score (nSPS) is 9.12. The Kier molecular flexibility index (Phi) is 16.1. The quantitative estimate of drug-likeness (QED) is 0.526. The SMILES string of the molecule is CC(=O)O.CCCCCCCCCC(=O)OC. The Balaban J connectivity index is 0. The van der Waals surface area contributed by atoms with Crippen LogP contribution in [0.3, 0.4) is 0 Å². The lowest BCUT2D eigenvalue weighted by Crippen LogP contribution is -1.99. The van der Waals surface area contributed by atoms with Gasteiger partial charge in [-0.2, -0.15) is 0 Å². The van der Waals surface area contributed by atoms with E-state index in [1.165, 1.54) is 45.6 Å². The first-order chi connectivity index (χ1) is 8.04. The van der Waals surface area contributed by atoms with E-state index in [1.54, 1.807) is 0 Å². The summed E-state index contributed by atoms with van der Waals surface area (Å²) in [5, 5.41) is 7.42. The number of carboxylic acid groups (broad SMARTS) is 1. The Morgan fingerprint density at radius 3 is 1.82 bits per heavy atom. The fraction of sp³-hybridized carbons (Fsp3) is 0.846. The number of carbonyl (C=O) groups is 2. The van der Waals surface area contributed by atoms with Gasteiger partial charge >= 0.3 is 5.97 Å². The van der Waals surface area contributed by atoms with Crippen LogP contribution in [0.15, 0.2) is 0 Å². The van der Waals surface area contributed by atoms with Crippen LogP contribution in [0.5, 0.6) is 0 Å². The second kappa shape index (κ2) is 14.9. The third-order valence-corrected chi connectivity index (χ3v) is 2.21. The standard InChI is InChI=1S/C11H22O2.C2H4O2/c1-3-4-5-6-7-8-9-10-11(12)13-2;1-2(3)4/h3-10H2,1-2H3;1H3,(H,3,4). The van der Waals surface area contributed by atoms with Gasteiger partial charge in [0.05, 0.1) is 7.11 Å². The molecule has 102 valence electrons. The molecule has 4 nitrogen and oxygen atoms in total. The lowest BCUT2D eigenvalue weighted by atomic mass is 10.1. The van der Waals surface area contributed by atoms with Crippen LogP contribution < -0.4 is 0 Å². The van der Waals surface area contributed by atoms with Crippen LogP contribution in [-0.2, 0) is 14.3 Å². The van der Waals surface area contributed by atoms with Gasteiger partial charge in [0.1, 0.15) is 0 Å². The van der Waals surface area contributed by atoms with Crippen molar-refractivity contribution in [2.24, 2.45) is 0 Å². The minimum atomic E-state index is -0.833. The molecule has 0 fully saturated rings.